The van der Waals surface area contributed by atoms with Crippen LogP contribution in [0.25, 0.3) is 0 Å². The van der Waals surface area contributed by atoms with Crippen LogP contribution in [0.3, 0.4) is 0 Å². The average Bonchev–Trinajstić information content (AvgIpc) is 2.40. The quantitative estimate of drug-likeness (QED) is 0.698. The van der Waals surface area contributed by atoms with E-state index in [1.54, 1.807) is 12.1 Å². The Labute approximate surface area is 133 Å². The molecule has 0 bridgehead atoms. The molecule has 110 valence electrons. The number of rotatable bonds is 3. The van der Waals surface area contributed by atoms with Crippen LogP contribution in [0.2, 0.25) is 0 Å². The van der Waals surface area contributed by atoms with Crippen LogP contribution in [0.5, 0.6) is 5.75 Å². The van der Waals surface area contributed by atoms with Crippen molar-refractivity contribution >= 4 is 28.5 Å². The van der Waals surface area contributed by atoms with Crippen LogP contribution in [0, 0.1) is 8.99 Å². The number of benzene rings is 1. The third kappa shape index (κ3) is 3.63. The molecular weight excluding hydrogens is 367 g/mol. The summed E-state index contributed by atoms with van der Waals surface area (Å²) in [6.07, 6.45) is 2.35. The van der Waals surface area contributed by atoms with Gasteiger partial charge in [0.15, 0.2) is 0 Å². The SMILES string of the molecule is CC1(C)CCCNC1CNC(=O)c1ccc(I)c(O)c1. The van der Waals surface area contributed by atoms with Gasteiger partial charge in [0.25, 0.3) is 5.91 Å². The molecule has 1 atom stereocenters. The van der Waals surface area contributed by atoms with E-state index in [1.807, 2.05) is 22.6 Å². The van der Waals surface area contributed by atoms with Crippen LogP contribution in [-0.4, -0.2) is 30.1 Å². The van der Waals surface area contributed by atoms with Crippen molar-refractivity contribution in [3.05, 3.63) is 27.3 Å². The van der Waals surface area contributed by atoms with Gasteiger partial charge in [-0.15, -0.1) is 0 Å². The highest BCUT2D eigenvalue weighted by Crippen LogP contribution is 2.29. The fraction of sp³-hybridized carbons (Fsp3) is 0.533. The third-order valence-corrected chi connectivity index (χ3v) is 4.92. The number of piperidine rings is 1. The van der Waals surface area contributed by atoms with Crippen molar-refractivity contribution < 1.29 is 9.90 Å². The summed E-state index contributed by atoms with van der Waals surface area (Å²) >= 11 is 2.03. The van der Waals surface area contributed by atoms with Crippen molar-refractivity contribution in [2.24, 2.45) is 5.41 Å². The molecular formula is C15H21IN2O2. The van der Waals surface area contributed by atoms with Gasteiger partial charge in [-0.05, 0) is 65.6 Å². The number of amides is 1. The molecule has 0 spiro atoms. The van der Waals surface area contributed by atoms with E-state index < -0.39 is 0 Å². The number of nitrogens with one attached hydrogen (secondary N) is 2. The second-order valence-electron chi connectivity index (χ2n) is 5.98. The van der Waals surface area contributed by atoms with Crippen LogP contribution in [0.15, 0.2) is 18.2 Å². The molecule has 4 nitrogen and oxygen atoms in total. The summed E-state index contributed by atoms with van der Waals surface area (Å²) in [5, 5.41) is 16.1. The molecule has 1 aromatic carbocycles. The van der Waals surface area contributed by atoms with E-state index >= 15 is 0 Å². The van der Waals surface area contributed by atoms with Crippen LogP contribution in [-0.2, 0) is 0 Å². The van der Waals surface area contributed by atoms with E-state index in [2.05, 4.69) is 24.5 Å². The molecule has 0 aliphatic carbocycles. The minimum atomic E-state index is -0.139. The van der Waals surface area contributed by atoms with Crippen molar-refractivity contribution in [1.29, 1.82) is 0 Å². The Morgan fingerprint density at radius 2 is 2.30 bits per heavy atom. The van der Waals surface area contributed by atoms with Gasteiger partial charge >= 0.3 is 0 Å². The summed E-state index contributed by atoms with van der Waals surface area (Å²) in [5.74, 6) is 0.00856. The molecule has 3 N–H and O–H groups in total. The smallest absolute Gasteiger partial charge is 0.251 e. The average molecular weight is 388 g/mol. The maximum Gasteiger partial charge on any atom is 0.251 e. The lowest BCUT2D eigenvalue weighted by molar-refractivity contribution is 0.0928. The minimum Gasteiger partial charge on any atom is -0.507 e. The summed E-state index contributed by atoms with van der Waals surface area (Å²) in [6, 6.07) is 5.28. The van der Waals surface area contributed by atoms with Crippen LogP contribution < -0.4 is 10.6 Å². The molecule has 2 rings (SSSR count). The predicted octanol–water partition coefficient (Wildman–Crippen LogP) is 2.50. The molecule has 0 saturated carbocycles. The molecule has 1 heterocycles. The van der Waals surface area contributed by atoms with E-state index in [0.29, 0.717) is 12.1 Å². The monoisotopic (exact) mass is 388 g/mol. The molecule has 1 fully saturated rings. The number of carbonyl (C=O) groups is 1. The van der Waals surface area contributed by atoms with Gasteiger partial charge in [-0.3, -0.25) is 4.79 Å². The van der Waals surface area contributed by atoms with Crippen molar-refractivity contribution in [1.82, 2.24) is 10.6 Å². The Morgan fingerprint density at radius 1 is 1.55 bits per heavy atom. The van der Waals surface area contributed by atoms with Gasteiger partial charge in [0.1, 0.15) is 5.75 Å². The van der Waals surface area contributed by atoms with Gasteiger partial charge in [-0.2, -0.15) is 0 Å². The van der Waals surface area contributed by atoms with Crippen molar-refractivity contribution in [2.75, 3.05) is 13.1 Å². The number of hydrogen-bond acceptors (Lipinski definition) is 3. The highest BCUT2D eigenvalue weighted by molar-refractivity contribution is 14.1. The van der Waals surface area contributed by atoms with E-state index in [-0.39, 0.29) is 23.1 Å². The number of halogens is 1. The highest BCUT2D eigenvalue weighted by Gasteiger charge is 2.31. The lowest BCUT2D eigenvalue weighted by Crippen LogP contribution is -2.52. The van der Waals surface area contributed by atoms with Gasteiger partial charge in [0.05, 0.1) is 3.57 Å². The second kappa shape index (κ2) is 6.30. The number of phenols is 1. The fourth-order valence-electron chi connectivity index (χ4n) is 2.57. The first-order valence-electron chi connectivity index (χ1n) is 6.90. The normalized spacial score (nSPS) is 21.4. The van der Waals surface area contributed by atoms with Gasteiger partial charge in [0.2, 0.25) is 0 Å². The fourth-order valence-corrected chi connectivity index (χ4v) is 2.91. The standard InChI is InChI=1S/C15H21IN2O2/c1-15(2)6-3-7-17-13(15)9-18-14(20)10-4-5-11(16)12(19)8-10/h4-5,8,13,17,19H,3,6-7,9H2,1-2H3,(H,18,20). The molecule has 1 aliphatic rings. The molecule has 0 radical (unpaired) electrons. The number of hydrogen-bond donors (Lipinski definition) is 3. The second-order valence-corrected chi connectivity index (χ2v) is 7.14. The molecule has 5 heteroatoms. The summed E-state index contributed by atoms with van der Waals surface area (Å²) in [7, 11) is 0. The lowest BCUT2D eigenvalue weighted by atomic mass is 9.77. The van der Waals surface area contributed by atoms with Gasteiger partial charge in [-0.1, -0.05) is 13.8 Å². The van der Waals surface area contributed by atoms with Crippen LogP contribution in [0.4, 0.5) is 0 Å². The Balaban J connectivity index is 1.96. The number of carbonyl (C=O) groups excluding carboxylic acids is 1. The predicted molar refractivity (Wildman–Crippen MR) is 88.0 cm³/mol. The zero-order chi connectivity index (χ0) is 14.8. The summed E-state index contributed by atoms with van der Waals surface area (Å²) < 4.78 is 0.745. The zero-order valence-corrected chi connectivity index (χ0v) is 14.0. The van der Waals surface area contributed by atoms with Gasteiger partial charge in [-0.25, -0.2) is 0 Å². The van der Waals surface area contributed by atoms with Crippen LogP contribution in [0.1, 0.15) is 37.0 Å². The zero-order valence-electron chi connectivity index (χ0n) is 11.9. The molecule has 1 aromatic rings. The largest absolute Gasteiger partial charge is 0.507 e. The maximum atomic E-state index is 12.1. The van der Waals surface area contributed by atoms with E-state index in [1.165, 1.54) is 18.9 Å². The highest BCUT2D eigenvalue weighted by atomic mass is 127. The number of phenolic OH excluding ortho intramolecular Hbond substituents is 1. The first kappa shape index (κ1) is 15.6. The molecule has 1 aliphatic heterocycles. The Hall–Kier alpha value is -0.820. The first-order valence-corrected chi connectivity index (χ1v) is 7.98. The van der Waals surface area contributed by atoms with Crippen molar-refractivity contribution in [3.63, 3.8) is 0 Å². The van der Waals surface area contributed by atoms with Crippen LogP contribution >= 0.6 is 22.6 Å². The molecule has 1 amide bonds. The number of aromatic hydroxyl groups is 1. The van der Waals surface area contributed by atoms with E-state index in [9.17, 15) is 9.90 Å². The minimum absolute atomic E-state index is 0.139. The lowest BCUT2D eigenvalue weighted by Gasteiger charge is -2.39. The Morgan fingerprint density at radius 3 is 2.95 bits per heavy atom. The molecule has 20 heavy (non-hydrogen) atoms. The Bertz CT molecular complexity index is 503. The molecule has 0 aromatic heterocycles. The molecule has 1 saturated heterocycles. The van der Waals surface area contributed by atoms with Gasteiger partial charge in [0, 0.05) is 18.2 Å². The Kier molecular flexibility index (Phi) is 4.90. The van der Waals surface area contributed by atoms with E-state index in [4.69, 9.17) is 0 Å². The maximum absolute atomic E-state index is 12.1. The third-order valence-electron chi connectivity index (χ3n) is 4.01. The van der Waals surface area contributed by atoms with Crippen molar-refractivity contribution in [2.45, 2.75) is 32.7 Å². The van der Waals surface area contributed by atoms with Crippen molar-refractivity contribution in [3.8, 4) is 5.75 Å². The van der Waals surface area contributed by atoms with E-state index in [0.717, 1.165) is 10.1 Å². The first-order chi connectivity index (χ1) is 9.40. The summed E-state index contributed by atoms with van der Waals surface area (Å²) in [6.45, 7) is 6.08. The topological polar surface area (TPSA) is 61.4 Å². The van der Waals surface area contributed by atoms with Gasteiger partial charge < -0.3 is 15.7 Å². The molecule has 1 unspecified atom stereocenters. The summed E-state index contributed by atoms with van der Waals surface area (Å²) in [4.78, 5) is 12.1. The summed E-state index contributed by atoms with van der Waals surface area (Å²) in [5.41, 5.74) is 0.691.